The summed E-state index contributed by atoms with van der Waals surface area (Å²) in [6.45, 7) is -0.530. The molecule has 0 aromatic heterocycles. The standard InChI is InChI=1S/C25H34N2O6S/c1-34(32,33)26-15-3-5-20-8-12-22(13-9-20)27-23(16-24(27)30)21-10-6-19(7-11-21)4-2-14-25(31,17-28)18-29/h6-13,23,26,28-29,31H,2-5,14-18H2,1H3/t23-/m0/s1. The number of benzene rings is 2. The van der Waals surface area contributed by atoms with Crippen LogP contribution in [0, 0.1) is 0 Å². The van der Waals surface area contributed by atoms with Crippen molar-refractivity contribution in [3.05, 3.63) is 65.2 Å². The molecule has 1 amide bonds. The van der Waals surface area contributed by atoms with Crippen molar-refractivity contribution in [2.75, 3.05) is 30.9 Å². The predicted octanol–water partition coefficient (Wildman–Crippen LogP) is 1.68. The summed E-state index contributed by atoms with van der Waals surface area (Å²) >= 11 is 0. The first-order valence-corrected chi connectivity index (χ1v) is 13.4. The van der Waals surface area contributed by atoms with Gasteiger partial charge < -0.3 is 20.2 Å². The molecule has 0 radical (unpaired) electrons. The van der Waals surface area contributed by atoms with Gasteiger partial charge in [0.2, 0.25) is 15.9 Å². The maximum atomic E-state index is 12.4. The molecule has 8 nitrogen and oxygen atoms in total. The molecule has 0 bridgehead atoms. The van der Waals surface area contributed by atoms with E-state index in [2.05, 4.69) is 4.72 Å². The maximum absolute atomic E-state index is 12.4. The number of rotatable bonds is 13. The quantitative estimate of drug-likeness (QED) is 0.250. The predicted molar refractivity (Wildman–Crippen MR) is 131 cm³/mol. The van der Waals surface area contributed by atoms with Gasteiger partial charge >= 0.3 is 0 Å². The Morgan fingerprint density at radius 2 is 1.53 bits per heavy atom. The van der Waals surface area contributed by atoms with E-state index in [0.29, 0.717) is 32.2 Å². The molecule has 1 atom stereocenters. The van der Waals surface area contributed by atoms with E-state index in [-0.39, 0.29) is 11.9 Å². The molecule has 1 heterocycles. The number of aliphatic hydroxyl groups excluding tert-OH is 2. The fourth-order valence-corrected chi connectivity index (χ4v) is 4.63. The first kappa shape index (κ1) is 26.3. The molecular formula is C25H34N2O6S. The lowest BCUT2D eigenvalue weighted by Gasteiger charge is -2.41. The Kier molecular flexibility index (Phi) is 8.83. The number of anilines is 1. The van der Waals surface area contributed by atoms with Gasteiger partial charge in [0.05, 0.1) is 31.9 Å². The number of aryl methyl sites for hydroxylation is 2. The summed E-state index contributed by atoms with van der Waals surface area (Å²) in [4.78, 5) is 14.2. The summed E-state index contributed by atoms with van der Waals surface area (Å²) in [5, 5.41) is 28.3. The third-order valence-corrected chi connectivity index (χ3v) is 6.96. The van der Waals surface area contributed by atoms with Crippen molar-refractivity contribution in [3.63, 3.8) is 0 Å². The third kappa shape index (κ3) is 7.10. The molecule has 0 spiro atoms. The number of carbonyl (C=O) groups excluding carboxylic acids is 1. The number of nitrogens with one attached hydrogen (secondary N) is 1. The monoisotopic (exact) mass is 490 g/mol. The highest BCUT2D eigenvalue weighted by atomic mass is 32.2. The summed E-state index contributed by atoms with van der Waals surface area (Å²) in [6.07, 6.45) is 4.72. The molecule has 1 aliphatic heterocycles. The minimum Gasteiger partial charge on any atom is -0.393 e. The van der Waals surface area contributed by atoms with E-state index in [9.17, 15) is 28.5 Å². The van der Waals surface area contributed by atoms with Gasteiger partial charge in [0.25, 0.3) is 0 Å². The summed E-state index contributed by atoms with van der Waals surface area (Å²) in [6, 6.07) is 15.9. The van der Waals surface area contributed by atoms with Gasteiger partial charge in [0, 0.05) is 12.2 Å². The molecule has 0 saturated carbocycles. The summed E-state index contributed by atoms with van der Waals surface area (Å²) in [5.74, 6) is 0.0754. The minimum atomic E-state index is -3.17. The Hall–Kier alpha value is -2.30. The smallest absolute Gasteiger partial charge is 0.230 e. The number of hydrogen-bond acceptors (Lipinski definition) is 6. The van der Waals surface area contributed by atoms with Crippen LogP contribution in [-0.4, -0.2) is 61.3 Å². The number of sulfonamides is 1. The van der Waals surface area contributed by atoms with Gasteiger partial charge in [-0.15, -0.1) is 0 Å². The first-order valence-electron chi connectivity index (χ1n) is 11.5. The fraction of sp³-hybridized carbons (Fsp3) is 0.480. The second-order valence-corrected chi connectivity index (χ2v) is 10.9. The number of aliphatic hydroxyl groups is 3. The number of β-lactam (4-membered cyclic amide) rings is 1. The highest BCUT2D eigenvalue weighted by molar-refractivity contribution is 7.88. The Morgan fingerprint density at radius 1 is 0.971 bits per heavy atom. The van der Waals surface area contributed by atoms with E-state index in [1.807, 2.05) is 48.5 Å². The molecule has 2 aromatic rings. The van der Waals surface area contributed by atoms with Crippen LogP contribution in [0.5, 0.6) is 0 Å². The zero-order valence-corrected chi connectivity index (χ0v) is 20.3. The van der Waals surface area contributed by atoms with Gasteiger partial charge in [-0.25, -0.2) is 13.1 Å². The van der Waals surface area contributed by atoms with Crippen LogP contribution in [0.25, 0.3) is 0 Å². The molecule has 1 aliphatic rings. The topological polar surface area (TPSA) is 127 Å². The van der Waals surface area contributed by atoms with Crippen molar-refractivity contribution in [2.24, 2.45) is 0 Å². The van der Waals surface area contributed by atoms with Crippen molar-refractivity contribution < 1.29 is 28.5 Å². The van der Waals surface area contributed by atoms with Crippen molar-refractivity contribution >= 4 is 21.6 Å². The molecular weight excluding hydrogens is 456 g/mol. The van der Waals surface area contributed by atoms with E-state index in [0.717, 1.165) is 41.5 Å². The van der Waals surface area contributed by atoms with Gasteiger partial charge in [0.1, 0.15) is 5.60 Å². The average Bonchev–Trinajstić information content (AvgIpc) is 2.81. The lowest BCUT2D eigenvalue weighted by molar-refractivity contribution is -0.124. The molecule has 186 valence electrons. The summed E-state index contributed by atoms with van der Waals surface area (Å²) in [5.41, 5.74) is 2.64. The summed E-state index contributed by atoms with van der Waals surface area (Å²) in [7, 11) is -3.17. The van der Waals surface area contributed by atoms with Crippen LogP contribution in [-0.2, 0) is 27.7 Å². The highest BCUT2D eigenvalue weighted by Gasteiger charge is 2.38. The SMILES string of the molecule is CS(=O)(=O)NCCCc1ccc(N2C(=O)C[C@H]2c2ccc(CCCC(O)(CO)CO)cc2)cc1. The van der Waals surface area contributed by atoms with Crippen LogP contribution in [0.15, 0.2) is 48.5 Å². The summed E-state index contributed by atoms with van der Waals surface area (Å²) < 4.78 is 24.7. The van der Waals surface area contributed by atoms with Crippen molar-refractivity contribution in [1.82, 2.24) is 4.72 Å². The van der Waals surface area contributed by atoms with Crippen molar-refractivity contribution in [3.8, 4) is 0 Å². The van der Waals surface area contributed by atoms with E-state index in [4.69, 9.17) is 0 Å². The van der Waals surface area contributed by atoms with Crippen molar-refractivity contribution in [2.45, 2.75) is 50.2 Å². The average molecular weight is 491 g/mol. The molecule has 0 unspecified atom stereocenters. The molecule has 1 fully saturated rings. The lowest BCUT2D eigenvalue weighted by atomic mass is 9.91. The maximum Gasteiger partial charge on any atom is 0.230 e. The molecule has 1 saturated heterocycles. The second kappa shape index (κ2) is 11.4. The molecule has 2 aromatic carbocycles. The largest absolute Gasteiger partial charge is 0.393 e. The Bertz CT molecular complexity index is 1050. The van der Waals surface area contributed by atoms with E-state index in [1.54, 1.807) is 4.90 Å². The van der Waals surface area contributed by atoms with E-state index >= 15 is 0 Å². The third-order valence-electron chi connectivity index (χ3n) is 6.23. The van der Waals surface area contributed by atoms with Crippen LogP contribution >= 0.6 is 0 Å². The van der Waals surface area contributed by atoms with Gasteiger partial charge in [-0.2, -0.15) is 0 Å². The Balaban J connectivity index is 1.54. The fourth-order valence-electron chi connectivity index (χ4n) is 4.12. The van der Waals surface area contributed by atoms with Gasteiger partial charge in [-0.3, -0.25) is 4.79 Å². The number of nitrogens with zero attached hydrogens (tertiary/aromatic N) is 1. The van der Waals surface area contributed by atoms with Crippen LogP contribution in [0.2, 0.25) is 0 Å². The zero-order valence-electron chi connectivity index (χ0n) is 19.5. The lowest BCUT2D eigenvalue weighted by Crippen LogP contribution is -2.46. The number of hydrogen-bond donors (Lipinski definition) is 4. The van der Waals surface area contributed by atoms with E-state index in [1.165, 1.54) is 0 Å². The normalized spacial score (nSPS) is 16.5. The molecule has 3 rings (SSSR count). The van der Waals surface area contributed by atoms with Crippen LogP contribution in [0.1, 0.15) is 48.4 Å². The van der Waals surface area contributed by atoms with Gasteiger partial charge in [-0.1, -0.05) is 36.4 Å². The second-order valence-electron chi connectivity index (χ2n) is 9.06. The molecule has 4 N–H and O–H groups in total. The molecule has 0 aliphatic carbocycles. The number of amides is 1. The Morgan fingerprint density at radius 3 is 2.06 bits per heavy atom. The van der Waals surface area contributed by atoms with Crippen molar-refractivity contribution in [1.29, 1.82) is 0 Å². The van der Waals surface area contributed by atoms with Crippen LogP contribution in [0.3, 0.4) is 0 Å². The van der Waals surface area contributed by atoms with Crippen LogP contribution in [0.4, 0.5) is 5.69 Å². The first-order chi connectivity index (χ1) is 16.1. The minimum absolute atomic E-state index is 0.0137. The highest BCUT2D eigenvalue weighted by Crippen LogP contribution is 2.39. The molecule has 34 heavy (non-hydrogen) atoms. The van der Waals surface area contributed by atoms with E-state index < -0.39 is 28.8 Å². The van der Waals surface area contributed by atoms with Gasteiger partial charge in [-0.05, 0) is 60.9 Å². The molecule has 9 heteroatoms. The van der Waals surface area contributed by atoms with Crippen LogP contribution < -0.4 is 9.62 Å². The number of carbonyl (C=O) groups is 1. The Labute approximate surface area is 201 Å². The van der Waals surface area contributed by atoms with Gasteiger partial charge in [0.15, 0.2) is 0 Å². The zero-order chi connectivity index (χ0) is 24.8.